The Hall–Kier alpha value is -0.470. The maximum absolute atomic E-state index is 11.4. The maximum atomic E-state index is 11.4. The van der Waals surface area contributed by atoms with Crippen LogP contribution in [0.25, 0.3) is 0 Å². The second-order valence-corrected chi connectivity index (χ2v) is 12.1. The summed E-state index contributed by atoms with van der Waals surface area (Å²) in [6, 6.07) is 0. The average Bonchev–Trinajstić information content (AvgIpc) is 2.75. The van der Waals surface area contributed by atoms with Gasteiger partial charge in [-0.3, -0.25) is 4.79 Å². The second kappa shape index (κ2) is 21.6. The van der Waals surface area contributed by atoms with Crippen molar-refractivity contribution in [2.45, 2.75) is 85.2 Å². The minimum atomic E-state index is -0.444. The van der Waals surface area contributed by atoms with E-state index >= 15 is 0 Å². The lowest BCUT2D eigenvalue weighted by molar-refractivity contribution is -0.156. The van der Waals surface area contributed by atoms with Crippen molar-refractivity contribution in [3.8, 4) is 12.3 Å². The average molecular weight is 537 g/mol. The first kappa shape index (κ1) is 34.5. The third-order valence-corrected chi connectivity index (χ3v) is 6.76. The highest BCUT2D eigenvalue weighted by Gasteiger charge is 2.26. The van der Waals surface area contributed by atoms with Crippen molar-refractivity contribution < 1.29 is 33.2 Å². The molecule has 0 saturated carbocycles. The highest BCUT2D eigenvalue weighted by atomic mass is 33.1. The number of hydrogen-bond acceptors (Lipinski definition) is 9. The summed E-state index contributed by atoms with van der Waals surface area (Å²) >= 11 is 0. The Morgan fingerprint density at radius 3 is 1.94 bits per heavy atom. The van der Waals surface area contributed by atoms with Crippen molar-refractivity contribution in [3.63, 3.8) is 0 Å². The van der Waals surface area contributed by atoms with Gasteiger partial charge in [0, 0.05) is 23.8 Å². The molecule has 0 spiro atoms. The van der Waals surface area contributed by atoms with Gasteiger partial charge >= 0.3 is 5.97 Å². The van der Waals surface area contributed by atoms with E-state index in [1.165, 1.54) is 0 Å². The van der Waals surface area contributed by atoms with Crippen LogP contribution in [-0.2, 0) is 33.2 Å². The summed E-state index contributed by atoms with van der Waals surface area (Å²) in [6.07, 6.45) is 7.35. The van der Waals surface area contributed by atoms with Crippen LogP contribution in [0.5, 0.6) is 0 Å². The molecule has 0 aromatic carbocycles. The molecule has 1 saturated heterocycles. The molecule has 35 heavy (non-hydrogen) atoms. The predicted octanol–water partition coefficient (Wildman–Crippen LogP) is 5.01. The topological polar surface area (TPSA) is 72.5 Å². The highest BCUT2D eigenvalue weighted by molar-refractivity contribution is 8.76. The molecule has 0 aromatic rings. The van der Waals surface area contributed by atoms with Crippen LogP contribution in [0, 0.1) is 18.3 Å². The van der Waals surface area contributed by atoms with E-state index in [1.54, 1.807) is 0 Å². The second-order valence-electron chi connectivity index (χ2n) is 9.55. The molecule has 7 nitrogen and oxygen atoms in total. The fraction of sp³-hybridized carbons (Fsp3) is 0.885. The quantitative estimate of drug-likeness (QED) is 0.117. The molecular formula is C26H48O7S2. The summed E-state index contributed by atoms with van der Waals surface area (Å²) in [5.74, 6) is 5.26. The van der Waals surface area contributed by atoms with Gasteiger partial charge in [-0.2, -0.15) is 0 Å². The standard InChI is InChI=1S/C16H32O6.C10H16OS2/c1-14(2)21-13-12-20-11-10-19-9-8-18-7-6-15(17)22-16(3,4)5;1-4-5-9-6-12-13-7-10(9)11-8(2)3/h14H,6-13H2,1-5H3;1,8-10H,5-7H2,2-3H3. The van der Waals surface area contributed by atoms with Gasteiger partial charge in [-0.25, -0.2) is 0 Å². The van der Waals surface area contributed by atoms with Crippen molar-refractivity contribution in [1.82, 2.24) is 0 Å². The zero-order valence-corrected chi connectivity index (χ0v) is 24.5. The molecule has 0 bridgehead atoms. The molecule has 0 radical (unpaired) electrons. The van der Waals surface area contributed by atoms with Crippen molar-refractivity contribution >= 4 is 27.6 Å². The van der Waals surface area contributed by atoms with Gasteiger partial charge in [-0.05, 0) is 48.5 Å². The van der Waals surface area contributed by atoms with Gasteiger partial charge in [-0.1, -0.05) is 21.6 Å². The Balaban J connectivity index is 0.000000750. The van der Waals surface area contributed by atoms with Crippen LogP contribution in [0.1, 0.15) is 61.3 Å². The van der Waals surface area contributed by atoms with Gasteiger partial charge in [-0.15, -0.1) is 12.3 Å². The van der Waals surface area contributed by atoms with E-state index in [0.717, 1.165) is 17.9 Å². The van der Waals surface area contributed by atoms with E-state index in [2.05, 4.69) is 19.8 Å². The Labute approximate surface area is 221 Å². The number of ether oxygens (including phenoxy) is 6. The lowest BCUT2D eigenvalue weighted by atomic mass is 10.0. The first-order chi connectivity index (χ1) is 16.5. The number of terminal acetylenes is 1. The van der Waals surface area contributed by atoms with Crippen molar-refractivity contribution in [2.75, 3.05) is 57.8 Å². The van der Waals surface area contributed by atoms with Crippen LogP contribution in [0.4, 0.5) is 0 Å². The molecule has 0 N–H and O–H groups in total. The molecule has 1 aliphatic heterocycles. The molecule has 1 fully saturated rings. The lowest BCUT2D eigenvalue weighted by Crippen LogP contribution is -2.32. The van der Waals surface area contributed by atoms with E-state index in [1.807, 2.05) is 56.2 Å². The molecule has 0 amide bonds. The van der Waals surface area contributed by atoms with Gasteiger partial charge in [0.2, 0.25) is 0 Å². The molecule has 1 aliphatic rings. The van der Waals surface area contributed by atoms with Crippen LogP contribution in [0.2, 0.25) is 0 Å². The van der Waals surface area contributed by atoms with E-state index in [0.29, 0.717) is 64.4 Å². The normalized spacial score (nSPS) is 18.2. The van der Waals surface area contributed by atoms with Gasteiger partial charge in [0.25, 0.3) is 0 Å². The minimum Gasteiger partial charge on any atom is -0.460 e. The minimum absolute atomic E-state index is 0.234. The number of carbonyl (C=O) groups is 1. The molecule has 1 rings (SSSR count). The van der Waals surface area contributed by atoms with E-state index in [4.69, 9.17) is 34.8 Å². The van der Waals surface area contributed by atoms with Crippen LogP contribution < -0.4 is 0 Å². The largest absolute Gasteiger partial charge is 0.460 e. The van der Waals surface area contributed by atoms with Crippen molar-refractivity contribution in [3.05, 3.63) is 0 Å². The zero-order chi connectivity index (χ0) is 26.5. The smallest absolute Gasteiger partial charge is 0.308 e. The molecule has 206 valence electrons. The highest BCUT2D eigenvalue weighted by Crippen LogP contribution is 2.36. The summed E-state index contributed by atoms with van der Waals surface area (Å²) in [5, 5.41) is 0. The van der Waals surface area contributed by atoms with Crippen LogP contribution in [0.3, 0.4) is 0 Å². The van der Waals surface area contributed by atoms with Gasteiger partial charge in [0.15, 0.2) is 0 Å². The lowest BCUT2D eigenvalue weighted by Gasteiger charge is -2.30. The monoisotopic (exact) mass is 536 g/mol. The Morgan fingerprint density at radius 1 is 0.886 bits per heavy atom. The molecule has 0 aromatic heterocycles. The van der Waals surface area contributed by atoms with Crippen molar-refractivity contribution in [1.29, 1.82) is 0 Å². The molecule has 9 heteroatoms. The maximum Gasteiger partial charge on any atom is 0.308 e. The van der Waals surface area contributed by atoms with Gasteiger partial charge in [0.1, 0.15) is 5.60 Å². The van der Waals surface area contributed by atoms with E-state index in [-0.39, 0.29) is 18.5 Å². The summed E-state index contributed by atoms with van der Waals surface area (Å²) in [5.41, 5.74) is -0.444. The number of carbonyl (C=O) groups excluding carboxylic acids is 1. The Kier molecular flexibility index (Phi) is 21.3. The molecular weight excluding hydrogens is 488 g/mol. The van der Waals surface area contributed by atoms with Gasteiger partial charge < -0.3 is 28.4 Å². The fourth-order valence-corrected chi connectivity index (χ4v) is 5.46. The third kappa shape index (κ3) is 23.7. The summed E-state index contributed by atoms with van der Waals surface area (Å²) < 4.78 is 32.3. The number of rotatable bonds is 16. The van der Waals surface area contributed by atoms with E-state index < -0.39 is 5.60 Å². The number of hydrogen-bond donors (Lipinski definition) is 0. The van der Waals surface area contributed by atoms with E-state index in [9.17, 15) is 4.79 Å². The molecule has 2 unspecified atom stereocenters. The summed E-state index contributed by atoms with van der Waals surface area (Å²) in [4.78, 5) is 11.4. The van der Waals surface area contributed by atoms with Crippen LogP contribution in [0.15, 0.2) is 0 Å². The Bertz CT molecular complexity index is 559. The van der Waals surface area contributed by atoms with Crippen LogP contribution >= 0.6 is 21.6 Å². The Morgan fingerprint density at radius 2 is 1.43 bits per heavy atom. The van der Waals surface area contributed by atoms with Crippen molar-refractivity contribution in [2.24, 2.45) is 5.92 Å². The SMILES string of the molecule is C#CCC1CSSCC1OC(C)C.CC(C)OCCOCCOCCOCCC(=O)OC(C)(C)C. The molecule has 0 aliphatic carbocycles. The predicted molar refractivity (Wildman–Crippen MR) is 146 cm³/mol. The molecule has 2 atom stereocenters. The van der Waals surface area contributed by atoms with Gasteiger partial charge in [0.05, 0.1) is 71.0 Å². The number of esters is 1. The first-order valence-electron chi connectivity index (χ1n) is 12.4. The summed E-state index contributed by atoms with van der Waals surface area (Å²) in [6.45, 7) is 17.2. The fourth-order valence-electron chi connectivity index (χ4n) is 2.77. The summed E-state index contributed by atoms with van der Waals surface area (Å²) in [7, 11) is 3.81. The molecule has 1 heterocycles. The van der Waals surface area contributed by atoms with Crippen LogP contribution in [-0.4, -0.2) is 87.6 Å². The first-order valence-corrected chi connectivity index (χ1v) is 14.9. The third-order valence-electron chi connectivity index (χ3n) is 4.24. The zero-order valence-electron chi connectivity index (χ0n) is 22.8.